The topological polar surface area (TPSA) is 82.1 Å². The quantitative estimate of drug-likeness (QED) is 0.397. The van der Waals surface area contributed by atoms with Gasteiger partial charge in [-0.05, 0) is 36.4 Å². The number of carbonyl (C=O) groups excluding carboxylic acids is 2. The molecule has 170 valence electrons. The summed E-state index contributed by atoms with van der Waals surface area (Å²) in [5.41, 5.74) is 1.42. The van der Waals surface area contributed by atoms with Gasteiger partial charge in [0.1, 0.15) is 5.57 Å². The second-order valence-corrected chi connectivity index (χ2v) is 8.83. The van der Waals surface area contributed by atoms with Gasteiger partial charge >= 0.3 is 5.91 Å². The van der Waals surface area contributed by atoms with Crippen LogP contribution in [-0.4, -0.2) is 33.0 Å². The second kappa shape index (κ2) is 9.19. The van der Waals surface area contributed by atoms with Crippen LogP contribution in [0.1, 0.15) is 38.4 Å². The SMILES string of the molecule is CCCc1nn(-c2cccc(Cl)c2)c([O-])c1C1=C([n+]2ccccc2)C(=O)N(CC(C)C)C1=O. The lowest BCUT2D eigenvalue weighted by Gasteiger charge is -2.17. The molecule has 7 nitrogen and oxygen atoms in total. The van der Waals surface area contributed by atoms with Crippen molar-refractivity contribution < 1.29 is 19.3 Å². The zero-order valence-corrected chi connectivity index (χ0v) is 19.5. The summed E-state index contributed by atoms with van der Waals surface area (Å²) in [4.78, 5) is 28.2. The molecule has 0 unspecified atom stereocenters. The van der Waals surface area contributed by atoms with Crippen molar-refractivity contribution in [3.05, 3.63) is 71.1 Å². The van der Waals surface area contributed by atoms with Crippen LogP contribution < -0.4 is 9.67 Å². The number of amides is 2. The molecule has 2 amide bonds. The lowest BCUT2D eigenvalue weighted by atomic mass is 10.0. The van der Waals surface area contributed by atoms with E-state index in [9.17, 15) is 14.7 Å². The molecule has 0 aliphatic carbocycles. The third-order valence-corrected chi connectivity index (χ3v) is 5.61. The molecule has 33 heavy (non-hydrogen) atoms. The number of halogens is 1. The zero-order chi connectivity index (χ0) is 23.7. The van der Waals surface area contributed by atoms with E-state index < -0.39 is 17.7 Å². The van der Waals surface area contributed by atoms with E-state index in [0.717, 1.165) is 6.42 Å². The highest BCUT2D eigenvalue weighted by Gasteiger charge is 2.46. The molecule has 0 bridgehead atoms. The fourth-order valence-electron chi connectivity index (χ4n) is 4.00. The molecular weight excluding hydrogens is 440 g/mol. The molecule has 0 saturated carbocycles. The van der Waals surface area contributed by atoms with Gasteiger partial charge < -0.3 is 5.11 Å². The van der Waals surface area contributed by atoms with Crippen LogP contribution in [0.4, 0.5) is 0 Å². The first kappa shape index (κ1) is 22.7. The van der Waals surface area contributed by atoms with E-state index in [1.807, 2.05) is 26.8 Å². The van der Waals surface area contributed by atoms with Crippen molar-refractivity contribution in [1.29, 1.82) is 0 Å². The molecule has 0 N–H and O–H groups in total. The summed E-state index contributed by atoms with van der Waals surface area (Å²) in [5.74, 6) is -1.26. The fraction of sp³-hybridized carbons (Fsp3) is 0.280. The third kappa shape index (κ3) is 4.16. The van der Waals surface area contributed by atoms with Gasteiger partial charge in [0.05, 0.1) is 11.4 Å². The Labute approximate surface area is 197 Å². The molecule has 1 aliphatic heterocycles. The van der Waals surface area contributed by atoms with Gasteiger partial charge in [0.2, 0.25) is 0 Å². The summed E-state index contributed by atoms with van der Waals surface area (Å²) in [5, 5.41) is 18.7. The molecule has 8 heteroatoms. The van der Waals surface area contributed by atoms with Crippen LogP contribution in [0.5, 0.6) is 5.88 Å². The Kier molecular flexibility index (Phi) is 6.33. The third-order valence-electron chi connectivity index (χ3n) is 5.37. The van der Waals surface area contributed by atoms with Crippen LogP contribution in [0.15, 0.2) is 54.9 Å². The molecule has 0 saturated heterocycles. The summed E-state index contributed by atoms with van der Waals surface area (Å²) in [6, 6.07) is 12.2. The lowest BCUT2D eigenvalue weighted by Crippen LogP contribution is -2.40. The van der Waals surface area contributed by atoms with Gasteiger partial charge in [-0.1, -0.05) is 50.9 Å². The fourth-order valence-corrected chi connectivity index (χ4v) is 4.18. The maximum atomic E-state index is 13.7. The van der Waals surface area contributed by atoms with Gasteiger partial charge in [-0.25, -0.2) is 4.68 Å². The summed E-state index contributed by atoms with van der Waals surface area (Å²) in [7, 11) is 0. The number of imide groups is 1. The molecule has 2 aromatic heterocycles. The van der Waals surface area contributed by atoms with Crippen molar-refractivity contribution in [3.63, 3.8) is 0 Å². The number of benzene rings is 1. The maximum absolute atomic E-state index is 13.7. The number of hydrogen-bond acceptors (Lipinski definition) is 4. The van der Waals surface area contributed by atoms with Gasteiger partial charge in [-0.3, -0.25) is 14.5 Å². The highest BCUT2D eigenvalue weighted by Crippen LogP contribution is 2.37. The van der Waals surface area contributed by atoms with E-state index >= 15 is 0 Å². The predicted octanol–water partition coefficient (Wildman–Crippen LogP) is 3.23. The molecule has 0 radical (unpaired) electrons. The van der Waals surface area contributed by atoms with E-state index in [1.54, 1.807) is 53.4 Å². The number of carbonyl (C=O) groups is 2. The number of aryl methyl sites for hydroxylation is 1. The van der Waals surface area contributed by atoms with Crippen LogP contribution in [0, 0.1) is 5.92 Å². The Bertz CT molecular complexity index is 1250. The van der Waals surface area contributed by atoms with E-state index in [0.29, 0.717) is 22.8 Å². The minimum atomic E-state index is -0.472. The summed E-state index contributed by atoms with van der Waals surface area (Å²) < 4.78 is 2.86. The number of aromatic nitrogens is 3. The lowest BCUT2D eigenvalue weighted by molar-refractivity contribution is -0.576. The predicted molar refractivity (Wildman–Crippen MR) is 123 cm³/mol. The Morgan fingerprint density at radius 3 is 2.45 bits per heavy atom. The van der Waals surface area contributed by atoms with Crippen molar-refractivity contribution in [3.8, 4) is 11.6 Å². The Hall–Kier alpha value is -3.45. The smallest absolute Gasteiger partial charge is 0.326 e. The molecule has 0 atom stereocenters. The first-order valence-electron chi connectivity index (χ1n) is 11.0. The summed E-state index contributed by atoms with van der Waals surface area (Å²) in [6.45, 7) is 6.11. The van der Waals surface area contributed by atoms with Crippen LogP contribution in [0.25, 0.3) is 17.0 Å². The number of nitrogens with zero attached hydrogens (tertiary/aromatic N) is 4. The summed E-state index contributed by atoms with van der Waals surface area (Å²) in [6.07, 6.45) is 4.60. The minimum absolute atomic E-state index is 0.0790. The Morgan fingerprint density at radius 1 is 1.09 bits per heavy atom. The van der Waals surface area contributed by atoms with Crippen LogP contribution >= 0.6 is 11.6 Å². The van der Waals surface area contributed by atoms with E-state index in [2.05, 4.69) is 5.10 Å². The average molecular weight is 465 g/mol. The highest BCUT2D eigenvalue weighted by atomic mass is 35.5. The molecular formula is C25H25ClN4O3. The molecule has 0 fully saturated rings. The largest absolute Gasteiger partial charge is 0.858 e. The number of pyridine rings is 1. The van der Waals surface area contributed by atoms with Gasteiger partial charge in [0.25, 0.3) is 11.6 Å². The van der Waals surface area contributed by atoms with Gasteiger partial charge in [0.15, 0.2) is 12.4 Å². The number of rotatable bonds is 7. The number of hydrogen-bond donors (Lipinski definition) is 0. The van der Waals surface area contributed by atoms with Gasteiger partial charge in [0, 0.05) is 29.3 Å². The molecule has 0 spiro atoms. The van der Waals surface area contributed by atoms with E-state index in [4.69, 9.17) is 11.6 Å². The standard InChI is InChI=1S/C25H25ClN4O3/c1-4-9-19-20(24(32)30(27-19)18-11-8-10-17(26)14-18)21-22(28-12-6-5-7-13-28)25(33)29(23(21)31)15-16(2)3/h5-8,10-14,16H,4,9,15H2,1-3H3. The molecule has 1 aromatic carbocycles. The average Bonchev–Trinajstić information content (AvgIpc) is 3.22. The first-order chi connectivity index (χ1) is 15.8. The van der Waals surface area contributed by atoms with Crippen molar-refractivity contribution >= 4 is 34.7 Å². The second-order valence-electron chi connectivity index (χ2n) is 8.39. The summed E-state index contributed by atoms with van der Waals surface area (Å²) >= 11 is 6.13. The van der Waals surface area contributed by atoms with Crippen LogP contribution in [0.2, 0.25) is 5.02 Å². The zero-order valence-electron chi connectivity index (χ0n) is 18.8. The van der Waals surface area contributed by atoms with Crippen molar-refractivity contribution in [2.45, 2.75) is 33.6 Å². The first-order valence-corrected chi connectivity index (χ1v) is 11.3. The van der Waals surface area contributed by atoms with Gasteiger partial charge in [-0.2, -0.15) is 9.67 Å². The van der Waals surface area contributed by atoms with Crippen LogP contribution in [-0.2, 0) is 16.0 Å². The van der Waals surface area contributed by atoms with Crippen molar-refractivity contribution in [2.75, 3.05) is 6.54 Å². The van der Waals surface area contributed by atoms with E-state index in [1.165, 1.54) is 9.58 Å². The Morgan fingerprint density at radius 2 is 1.82 bits per heavy atom. The van der Waals surface area contributed by atoms with Crippen LogP contribution in [0.3, 0.4) is 0 Å². The Balaban J connectivity index is 1.98. The maximum Gasteiger partial charge on any atom is 0.326 e. The molecule has 4 rings (SSSR count). The molecule has 3 aromatic rings. The van der Waals surface area contributed by atoms with E-state index in [-0.39, 0.29) is 29.3 Å². The van der Waals surface area contributed by atoms with Gasteiger partial charge in [-0.15, -0.1) is 0 Å². The molecule has 1 aliphatic rings. The molecule has 3 heterocycles. The van der Waals surface area contributed by atoms with Crippen molar-refractivity contribution in [1.82, 2.24) is 14.7 Å². The normalized spacial score (nSPS) is 14.2. The van der Waals surface area contributed by atoms with Crippen molar-refractivity contribution in [2.24, 2.45) is 5.92 Å². The highest BCUT2D eigenvalue weighted by molar-refractivity contribution is 6.45. The minimum Gasteiger partial charge on any atom is -0.858 e. The monoisotopic (exact) mass is 464 g/mol.